The largest absolute Gasteiger partial charge is 0.392 e. The van der Waals surface area contributed by atoms with E-state index in [1.165, 1.54) is 4.31 Å². The quantitative estimate of drug-likeness (QED) is 0.629. The topological polar surface area (TPSA) is 78.7 Å². The van der Waals surface area contributed by atoms with E-state index in [1.54, 1.807) is 0 Å². The van der Waals surface area contributed by atoms with Gasteiger partial charge in [-0.25, -0.2) is 4.72 Å². The molecule has 6 nitrogen and oxygen atoms in total. The van der Waals surface area contributed by atoms with E-state index in [1.807, 2.05) is 6.92 Å². The number of rotatable bonds is 8. The zero-order chi connectivity index (χ0) is 15.2. The van der Waals surface area contributed by atoms with E-state index in [9.17, 15) is 8.42 Å². The van der Waals surface area contributed by atoms with Crippen LogP contribution in [0.4, 0.5) is 0 Å². The fourth-order valence-corrected chi connectivity index (χ4v) is 3.91. The Morgan fingerprint density at radius 1 is 1.25 bits per heavy atom. The van der Waals surface area contributed by atoms with E-state index < -0.39 is 10.2 Å². The molecule has 8 heteroatoms. The highest BCUT2D eigenvalue weighted by atomic mass is 32.2. The predicted octanol–water partition coefficient (Wildman–Crippen LogP) is 0.303. The number of nitrogens with two attached hydrogens (primary N) is 1. The van der Waals surface area contributed by atoms with Crippen LogP contribution in [0.3, 0.4) is 0 Å². The average Bonchev–Trinajstić information content (AvgIpc) is 2.42. The minimum Gasteiger partial charge on any atom is -0.392 e. The Morgan fingerprint density at radius 3 is 2.30 bits per heavy atom. The van der Waals surface area contributed by atoms with Crippen molar-refractivity contribution in [1.82, 2.24) is 13.9 Å². The van der Waals surface area contributed by atoms with E-state index in [0.717, 1.165) is 19.3 Å². The maximum Gasteiger partial charge on any atom is 0.279 e. The molecule has 118 valence electrons. The summed E-state index contributed by atoms with van der Waals surface area (Å²) in [6.07, 6.45) is 2.73. The lowest BCUT2D eigenvalue weighted by molar-refractivity contribution is 0.161. The molecule has 1 saturated heterocycles. The molecular weight excluding hydrogens is 296 g/mol. The van der Waals surface area contributed by atoms with Crippen LogP contribution >= 0.6 is 12.2 Å². The van der Waals surface area contributed by atoms with Crippen molar-refractivity contribution in [3.63, 3.8) is 0 Å². The van der Waals surface area contributed by atoms with Crippen LogP contribution in [-0.2, 0) is 10.2 Å². The Morgan fingerprint density at radius 2 is 1.85 bits per heavy atom. The van der Waals surface area contributed by atoms with Crippen molar-refractivity contribution >= 4 is 27.4 Å². The van der Waals surface area contributed by atoms with Gasteiger partial charge >= 0.3 is 0 Å². The molecular formula is C12H26N4O2S2. The molecule has 20 heavy (non-hydrogen) atoms. The first kappa shape index (κ1) is 17.8. The van der Waals surface area contributed by atoms with Crippen molar-refractivity contribution in [2.24, 2.45) is 5.73 Å². The minimum absolute atomic E-state index is 0.0865. The fourth-order valence-electron chi connectivity index (χ4n) is 2.36. The van der Waals surface area contributed by atoms with Gasteiger partial charge in [0.25, 0.3) is 10.2 Å². The van der Waals surface area contributed by atoms with E-state index in [2.05, 4.69) is 16.5 Å². The van der Waals surface area contributed by atoms with Crippen molar-refractivity contribution in [3.8, 4) is 0 Å². The van der Waals surface area contributed by atoms with Crippen LogP contribution in [0.15, 0.2) is 0 Å². The third-order valence-corrected chi connectivity index (χ3v) is 5.36. The average molecular weight is 323 g/mol. The van der Waals surface area contributed by atoms with Crippen LogP contribution in [-0.4, -0.2) is 61.4 Å². The molecule has 1 fully saturated rings. The molecule has 0 aromatic carbocycles. The van der Waals surface area contributed by atoms with Gasteiger partial charge in [0, 0.05) is 32.7 Å². The highest BCUT2D eigenvalue weighted by Gasteiger charge is 2.30. The molecule has 1 atom stereocenters. The summed E-state index contributed by atoms with van der Waals surface area (Å²) >= 11 is 5.12. The second kappa shape index (κ2) is 8.23. The normalized spacial score (nSPS) is 19.9. The molecule has 0 radical (unpaired) electrons. The van der Waals surface area contributed by atoms with Crippen molar-refractivity contribution in [2.75, 3.05) is 32.7 Å². The van der Waals surface area contributed by atoms with Crippen LogP contribution < -0.4 is 10.5 Å². The molecule has 1 aliphatic heterocycles. The van der Waals surface area contributed by atoms with Gasteiger partial charge in [-0.05, 0) is 12.8 Å². The van der Waals surface area contributed by atoms with Gasteiger partial charge in [-0.15, -0.1) is 0 Å². The number of nitrogens with zero attached hydrogens (tertiary/aromatic N) is 2. The molecule has 0 spiro atoms. The molecule has 3 N–H and O–H groups in total. The summed E-state index contributed by atoms with van der Waals surface area (Å²) in [5.74, 6) is 0. The van der Waals surface area contributed by atoms with Crippen LogP contribution in [0, 0.1) is 0 Å². The van der Waals surface area contributed by atoms with Crippen LogP contribution in [0.1, 0.15) is 33.1 Å². The van der Waals surface area contributed by atoms with Gasteiger partial charge in [0.05, 0.1) is 11.0 Å². The maximum absolute atomic E-state index is 12.0. The van der Waals surface area contributed by atoms with Crippen molar-refractivity contribution < 1.29 is 8.42 Å². The Hall–Kier alpha value is -0.280. The monoisotopic (exact) mass is 322 g/mol. The van der Waals surface area contributed by atoms with Crippen LogP contribution in [0.2, 0.25) is 0 Å². The van der Waals surface area contributed by atoms with Gasteiger partial charge in [0.2, 0.25) is 0 Å². The smallest absolute Gasteiger partial charge is 0.279 e. The lowest BCUT2D eigenvalue weighted by atomic mass is 10.1. The predicted molar refractivity (Wildman–Crippen MR) is 85.8 cm³/mol. The third-order valence-electron chi connectivity index (χ3n) is 3.48. The van der Waals surface area contributed by atoms with Gasteiger partial charge < -0.3 is 5.73 Å². The molecule has 1 aliphatic rings. The summed E-state index contributed by atoms with van der Waals surface area (Å²) in [6.45, 7) is 6.85. The molecule has 0 aromatic rings. The van der Waals surface area contributed by atoms with Crippen molar-refractivity contribution in [3.05, 3.63) is 0 Å². The second-order valence-electron chi connectivity index (χ2n) is 5.04. The van der Waals surface area contributed by atoms with Crippen molar-refractivity contribution in [2.45, 2.75) is 39.2 Å². The van der Waals surface area contributed by atoms with E-state index >= 15 is 0 Å². The summed E-state index contributed by atoms with van der Waals surface area (Å²) in [4.78, 5) is 2.70. The molecule has 0 aromatic heterocycles. The van der Waals surface area contributed by atoms with Crippen LogP contribution in [0.5, 0.6) is 0 Å². The number of nitrogens with one attached hydrogen (secondary N) is 1. The third kappa shape index (κ3) is 4.92. The molecule has 1 rings (SSSR count). The Balaban J connectivity index is 2.56. The SMILES string of the molecule is CCCNS(=O)(=O)N1CCN(C(CCC)C(N)=S)CC1. The molecule has 1 heterocycles. The van der Waals surface area contributed by atoms with Gasteiger partial charge in [-0.3, -0.25) is 4.90 Å². The van der Waals surface area contributed by atoms with E-state index in [4.69, 9.17) is 18.0 Å². The van der Waals surface area contributed by atoms with Crippen LogP contribution in [0.25, 0.3) is 0 Å². The van der Waals surface area contributed by atoms with Gasteiger partial charge in [-0.2, -0.15) is 12.7 Å². The molecule has 0 saturated carbocycles. The highest BCUT2D eigenvalue weighted by Crippen LogP contribution is 2.13. The molecule has 0 aliphatic carbocycles. The minimum atomic E-state index is -3.33. The Bertz CT molecular complexity index is 406. The number of piperazine rings is 1. The molecule has 0 bridgehead atoms. The summed E-state index contributed by atoms with van der Waals surface area (Å²) in [5.41, 5.74) is 5.79. The maximum atomic E-state index is 12.0. The number of thiocarbonyl (C=S) groups is 1. The van der Waals surface area contributed by atoms with Gasteiger partial charge in [-0.1, -0.05) is 32.5 Å². The lowest BCUT2D eigenvalue weighted by Gasteiger charge is -2.38. The Kier molecular flexibility index (Phi) is 7.32. The molecule has 0 amide bonds. The van der Waals surface area contributed by atoms with E-state index in [0.29, 0.717) is 37.7 Å². The zero-order valence-corrected chi connectivity index (χ0v) is 14.0. The summed E-state index contributed by atoms with van der Waals surface area (Å²) < 4.78 is 28.2. The highest BCUT2D eigenvalue weighted by molar-refractivity contribution is 7.87. The standard InChI is InChI=1S/C12H26N4O2S2/c1-3-5-11(12(13)19)15-7-9-16(10-8-15)20(17,18)14-6-4-2/h11,14H,3-10H2,1-2H3,(H2,13,19). The number of hydrogen-bond acceptors (Lipinski definition) is 4. The molecule has 1 unspecified atom stereocenters. The Labute approximate surface area is 127 Å². The van der Waals surface area contributed by atoms with E-state index in [-0.39, 0.29) is 6.04 Å². The second-order valence-corrected chi connectivity index (χ2v) is 7.27. The lowest BCUT2D eigenvalue weighted by Crippen LogP contribution is -2.56. The summed E-state index contributed by atoms with van der Waals surface area (Å²) in [6, 6.07) is 0.0865. The number of hydrogen-bond donors (Lipinski definition) is 2. The summed E-state index contributed by atoms with van der Waals surface area (Å²) in [7, 11) is -3.33. The van der Waals surface area contributed by atoms with Gasteiger partial charge in [0.15, 0.2) is 0 Å². The first-order valence-electron chi connectivity index (χ1n) is 7.20. The fraction of sp³-hybridized carbons (Fsp3) is 0.917. The van der Waals surface area contributed by atoms with Gasteiger partial charge in [0.1, 0.15) is 0 Å². The summed E-state index contributed by atoms with van der Waals surface area (Å²) in [5, 5.41) is 0. The van der Waals surface area contributed by atoms with Crippen molar-refractivity contribution in [1.29, 1.82) is 0 Å². The first-order valence-corrected chi connectivity index (χ1v) is 9.05. The first-order chi connectivity index (χ1) is 9.42. The zero-order valence-electron chi connectivity index (χ0n) is 12.3.